The molecule has 0 rings (SSSR count). The Bertz CT molecular complexity index is 167. The molecule has 0 aromatic carbocycles. The molecular formula is C11H28OSi2. The summed E-state index contributed by atoms with van der Waals surface area (Å²) in [6, 6.07) is 0. The zero-order valence-electron chi connectivity index (χ0n) is 11.5. The van der Waals surface area contributed by atoms with E-state index in [0.717, 1.165) is 0 Å². The molecule has 0 aliphatic rings. The highest BCUT2D eigenvalue weighted by Gasteiger charge is 2.40. The van der Waals surface area contributed by atoms with Crippen molar-refractivity contribution in [1.29, 1.82) is 0 Å². The van der Waals surface area contributed by atoms with Crippen LogP contribution >= 0.6 is 0 Å². The first-order valence-corrected chi connectivity index (χ1v) is 10.6. The average Bonchev–Trinajstić information content (AvgIpc) is 1.75. The van der Waals surface area contributed by atoms with Gasteiger partial charge >= 0.3 is 0 Å². The summed E-state index contributed by atoms with van der Waals surface area (Å²) in [4.78, 5) is 0. The summed E-state index contributed by atoms with van der Waals surface area (Å²) in [7, 11) is -2.55. The molecule has 0 radical (unpaired) electrons. The topological polar surface area (TPSA) is 9.23 Å². The van der Waals surface area contributed by atoms with Crippen molar-refractivity contribution in [3.05, 3.63) is 0 Å². The van der Waals surface area contributed by atoms with Crippen LogP contribution in [0.1, 0.15) is 41.5 Å². The summed E-state index contributed by atoms with van der Waals surface area (Å²) >= 11 is 0. The van der Waals surface area contributed by atoms with E-state index in [1.54, 1.807) is 0 Å². The van der Waals surface area contributed by atoms with E-state index in [4.69, 9.17) is 4.12 Å². The van der Waals surface area contributed by atoms with E-state index < -0.39 is 17.4 Å². The molecule has 1 nitrogen and oxygen atoms in total. The Balaban J connectivity index is 4.78. The minimum atomic E-state index is -1.38. The predicted octanol–water partition coefficient (Wildman–Crippen LogP) is 4.16. The summed E-state index contributed by atoms with van der Waals surface area (Å²) in [6.45, 7) is 20.9. The maximum absolute atomic E-state index is 6.44. The Labute approximate surface area is 93.1 Å². The Morgan fingerprint density at radius 3 is 1.14 bits per heavy atom. The fraction of sp³-hybridized carbons (Fsp3) is 1.00. The minimum Gasteiger partial charge on any atom is -0.457 e. The van der Waals surface area contributed by atoms with Crippen molar-refractivity contribution >= 4 is 17.4 Å². The fourth-order valence-electron chi connectivity index (χ4n) is 2.01. The molecule has 14 heavy (non-hydrogen) atoms. The molecule has 86 valence electrons. The lowest BCUT2D eigenvalue weighted by Gasteiger charge is -2.42. The highest BCUT2D eigenvalue weighted by molar-refractivity contribution is 6.78. The number of hydrogen-bond acceptors (Lipinski definition) is 1. The van der Waals surface area contributed by atoms with Crippen LogP contribution in [0.4, 0.5) is 0 Å². The molecule has 0 heterocycles. The van der Waals surface area contributed by atoms with Gasteiger partial charge in [-0.1, -0.05) is 41.5 Å². The van der Waals surface area contributed by atoms with E-state index in [0.29, 0.717) is 10.1 Å². The van der Waals surface area contributed by atoms with Gasteiger partial charge in [-0.3, -0.25) is 0 Å². The van der Waals surface area contributed by atoms with Crippen LogP contribution in [0.15, 0.2) is 0 Å². The van der Waals surface area contributed by atoms with Gasteiger partial charge in [0.05, 0.1) is 0 Å². The van der Waals surface area contributed by atoms with Crippen molar-refractivity contribution < 1.29 is 4.12 Å². The Morgan fingerprint density at radius 1 is 0.786 bits per heavy atom. The fourth-order valence-corrected chi connectivity index (χ4v) is 10.3. The van der Waals surface area contributed by atoms with Gasteiger partial charge in [-0.05, 0) is 29.7 Å². The quantitative estimate of drug-likeness (QED) is 0.650. The second-order valence-electron chi connectivity index (χ2n) is 7.34. The highest BCUT2D eigenvalue weighted by atomic mass is 28.4. The molecular weight excluding hydrogens is 204 g/mol. The second-order valence-corrected chi connectivity index (χ2v) is 16.7. The number of hydrogen-bond donors (Lipinski definition) is 0. The molecule has 0 aromatic rings. The minimum absolute atomic E-state index is 0.360. The second kappa shape index (κ2) is 4.10. The summed E-state index contributed by atoms with van der Waals surface area (Å²) in [5, 5.41) is 0.719. The molecule has 0 unspecified atom stereocenters. The Morgan fingerprint density at radius 2 is 1.07 bits per heavy atom. The van der Waals surface area contributed by atoms with Crippen LogP contribution in [0, 0.1) is 0 Å². The number of rotatable bonds is 2. The largest absolute Gasteiger partial charge is 0.457 e. The van der Waals surface area contributed by atoms with Crippen LogP contribution in [-0.4, -0.2) is 17.4 Å². The van der Waals surface area contributed by atoms with E-state index >= 15 is 0 Å². The molecule has 0 aromatic heterocycles. The van der Waals surface area contributed by atoms with E-state index in [1.807, 2.05) is 0 Å². The van der Waals surface area contributed by atoms with E-state index in [9.17, 15) is 0 Å². The molecule has 0 fully saturated rings. The van der Waals surface area contributed by atoms with Gasteiger partial charge in [-0.25, -0.2) is 0 Å². The molecule has 0 aliphatic heterocycles. The van der Waals surface area contributed by atoms with Crippen LogP contribution in [-0.2, 0) is 4.12 Å². The van der Waals surface area contributed by atoms with Gasteiger partial charge in [0, 0.05) is 0 Å². The first kappa shape index (κ1) is 14.4. The van der Waals surface area contributed by atoms with Crippen LogP contribution in [0.5, 0.6) is 0 Å². The van der Waals surface area contributed by atoms with Gasteiger partial charge in [0.25, 0.3) is 0 Å². The molecule has 0 saturated carbocycles. The SMILES string of the molecule is CC(C)(C)[SiH](O[Si](C)(C)C)C(C)(C)C. The van der Waals surface area contributed by atoms with Crippen molar-refractivity contribution in [3.8, 4) is 0 Å². The maximum atomic E-state index is 6.44. The molecule has 0 saturated heterocycles. The maximum Gasteiger partial charge on any atom is 0.173 e. The smallest absolute Gasteiger partial charge is 0.173 e. The van der Waals surface area contributed by atoms with Crippen molar-refractivity contribution in [1.82, 2.24) is 0 Å². The third-order valence-corrected chi connectivity index (χ3v) is 8.96. The zero-order valence-corrected chi connectivity index (χ0v) is 13.6. The van der Waals surface area contributed by atoms with Crippen LogP contribution < -0.4 is 0 Å². The summed E-state index contributed by atoms with van der Waals surface area (Å²) in [6.07, 6.45) is 0. The van der Waals surface area contributed by atoms with Gasteiger partial charge in [0.2, 0.25) is 0 Å². The highest BCUT2D eigenvalue weighted by Crippen LogP contribution is 2.43. The van der Waals surface area contributed by atoms with Crippen molar-refractivity contribution in [2.24, 2.45) is 0 Å². The molecule has 3 heteroatoms. The molecule has 0 amide bonds. The van der Waals surface area contributed by atoms with E-state index in [-0.39, 0.29) is 0 Å². The van der Waals surface area contributed by atoms with Gasteiger partial charge in [0.1, 0.15) is 0 Å². The summed E-state index contributed by atoms with van der Waals surface area (Å²) < 4.78 is 6.44. The van der Waals surface area contributed by atoms with Crippen molar-refractivity contribution in [2.75, 3.05) is 0 Å². The van der Waals surface area contributed by atoms with Crippen molar-refractivity contribution in [3.63, 3.8) is 0 Å². The van der Waals surface area contributed by atoms with Crippen LogP contribution in [0.2, 0.25) is 29.7 Å². The first-order valence-electron chi connectivity index (χ1n) is 5.52. The van der Waals surface area contributed by atoms with Gasteiger partial charge in [0.15, 0.2) is 17.4 Å². The molecule has 0 aliphatic carbocycles. The van der Waals surface area contributed by atoms with Crippen LogP contribution in [0.3, 0.4) is 0 Å². The third kappa shape index (κ3) is 5.32. The van der Waals surface area contributed by atoms with E-state index in [1.165, 1.54) is 0 Å². The zero-order chi connectivity index (χ0) is 11.8. The lowest BCUT2D eigenvalue weighted by molar-refractivity contribution is 0.460. The van der Waals surface area contributed by atoms with Crippen LogP contribution in [0.25, 0.3) is 0 Å². The van der Waals surface area contributed by atoms with E-state index in [2.05, 4.69) is 61.2 Å². The standard InChI is InChI=1S/C11H28OSi2/c1-10(2,3)13(11(4,5)6)12-14(7,8)9/h13H,1-9H3. The Hall–Kier alpha value is 0.394. The molecule has 0 spiro atoms. The molecule has 0 bridgehead atoms. The molecule has 0 atom stereocenters. The molecule has 0 N–H and O–H groups in total. The normalized spacial score (nSPS) is 15.0. The lowest BCUT2D eigenvalue weighted by Crippen LogP contribution is -2.45. The lowest BCUT2D eigenvalue weighted by atomic mass is 10.2. The summed E-state index contributed by atoms with van der Waals surface area (Å²) in [5.41, 5.74) is 0. The van der Waals surface area contributed by atoms with Gasteiger partial charge in [-0.2, -0.15) is 0 Å². The summed E-state index contributed by atoms with van der Waals surface area (Å²) in [5.74, 6) is 0. The van der Waals surface area contributed by atoms with Gasteiger partial charge < -0.3 is 4.12 Å². The van der Waals surface area contributed by atoms with Crippen molar-refractivity contribution in [2.45, 2.75) is 71.3 Å². The third-order valence-electron chi connectivity index (χ3n) is 2.04. The predicted molar refractivity (Wildman–Crippen MR) is 71.0 cm³/mol. The first-order chi connectivity index (χ1) is 5.84. The van der Waals surface area contributed by atoms with Gasteiger partial charge in [-0.15, -0.1) is 0 Å². The monoisotopic (exact) mass is 232 g/mol. The average molecular weight is 233 g/mol. The Kier molecular flexibility index (Phi) is 4.22.